The molecule has 2 unspecified atom stereocenters. The first-order chi connectivity index (χ1) is 14.0. The summed E-state index contributed by atoms with van der Waals surface area (Å²) in [6.07, 6.45) is 6.67. The molecule has 2 atom stereocenters. The minimum Gasteiger partial charge on any atom is -0.493 e. The topological polar surface area (TPSA) is 36.9 Å². The van der Waals surface area contributed by atoms with Crippen LogP contribution in [0.4, 0.5) is 0 Å². The zero-order chi connectivity index (χ0) is 20.6. The Balaban J connectivity index is 1.89. The zero-order valence-electron chi connectivity index (χ0n) is 18.3. The van der Waals surface area contributed by atoms with Gasteiger partial charge < -0.3 is 18.9 Å². The van der Waals surface area contributed by atoms with Crippen LogP contribution in [0.3, 0.4) is 0 Å². The van der Waals surface area contributed by atoms with Crippen molar-refractivity contribution in [2.45, 2.75) is 50.9 Å². The molecule has 0 saturated heterocycles. The van der Waals surface area contributed by atoms with Crippen molar-refractivity contribution in [3.8, 4) is 23.0 Å². The highest BCUT2D eigenvalue weighted by atomic mass is 16.5. The second-order valence-electron chi connectivity index (χ2n) is 8.69. The molecule has 0 aromatic heterocycles. The number of fused-ring (bicyclic) bond motifs is 6. The molecule has 2 aliphatic rings. The Morgan fingerprint density at radius 1 is 0.828 bits per heavy atom. The summed E-state index contributed by atoms with van der Waals surface area (Å²) < 4.78 is 22.7. The quantitative estimate of drug-likeness (QED) is 0.719. The van der Waals surface area contributed by atoms with Gasteiger partial charge in [-0.05, 0) is 84.7 Å². The molecule has 156 valence electrons. The molecule has 0 radical (unpaired) electrons. The molecule has 4 rings (SSSR count). The van der Waals surface area contributed by atoms with Crippen molar-refractivity contribution in [1.29, 1.82) is 0 Å². The van der Waals surface area contributed by atoms with Crippen LogP contribution in [0.2, 0.25) is 0 Å². The lowest BCUT2D eigenvalue weighted by Crippen LogP contribution is -2.32. The predicted molar refractivity (Wildman–Crippen MR) is 115 cm³/mol. The van der Waals surface area contributed by atoms with Crippen molar-refractivity contribution in [1.82, 2.24) is 0 Å². The molecule has 4 heteroatoms. The van der Waals surface area contributed by atoms with Gasteiger partial charge in [0.25, 0.3) is 0 Å². The van der Waals surface area contributed by atoms with Crippen LogP contribution in [0.15, 0.2) is 24.3 Å². The molecule has 0 fully saturated rings. The fourth-order valence-electron chi connectivity index (χ4n) is 5.37. The van der Waals surface area contributed by atoms with E-state index in [0.717, 1.165) is 42.3 Å². The van der Waals surface area contributed by atoms with E-state index in [1.165, 1.54) is 41.5 Å². The van der Waals surface area contributed by atoms with E-state index in [-0.39, 0.29) is 5.41 Å². The van der Waals surface area contributed by atoms with E-state index in [0.29, 0.717) is 5.92 Å². The maximum atomic E-state index is 5.82. The van der Waals surface area contributed by atoms with Gasteiger partial charge in [0.2, 0.25) is 0 Å². The van der Waals surface area contributed by atoms with Gasteiger partial charge in [0.15, 0.2) is 23.0 Å². The van der Waals surface area contributed by atoms with Gasteiger partial charge in [-0.15, -0.1) is 0 Å². The van der Waals surface area contributed by atoms with E-state index in [9.17, 15) is 0 Å². The van der Waals surface area contributed by atoms with E-state index in [4.69, 9.17) is 18.9 Å². The van der Waals surface area contributed by atoms with Crippen LogP contribution in [-0.2, 0) is 24.7 Å². The SMILES string of the molecule is COc1cc2c(cc1OC)C1(C)CCC(CC2)Cc2c(ccc(OC)c2OC)C1. The zero-order valence-corrected chi connectivity index (χ0v) is 18.3. The summed E-state index contributed by atoms with van der Waals surface area (Å²) in [6, 6.07) is 8.71. The molecule has 2 aromatic carbocycles. The Bertz CT molecular complexity index is 904. The molecular weight excluding hydrogens is 364 g/mol. The summed E-state index contributed by atoms with van der Waals surface area (Å²) in [5.41, 5.74) is 5.54. The lowest BCUT2D eigenvalue weighted by molar-refractivity contribution is 0.303. The van der Waals surface area contributed by atoms with Crippen LogP contribution in [0.25, 0.3) is 0 Å². The first kappa shape index (κ1) is 19.9. The van der Waals surface area contributed by atoms with Gasteiger partial charge in [-0.2, -0.15) is 0 Å². The molecule has 4 nitrogen and oxygen atoms in total. The van der Waals surface area contributed by atoms with Crippen molar-refractivity contribution in [3.63, 3.8) is 0 Å². The Morgan fingerprint density at radius 2 is 1.55 bits per heavy atom. The number of ether oxygens (including phenoxy) is 4. The van der Waals surface area contributed by atoms with E-state index in [1.807, 2.05) is 0 Å². The fourth-order valence-corrected chi connectivity index (χ4v) is 5.37. The summed E-state index contributed by atoms with van der Waals surface area (Å²) in [5.74, 6) is 4.02. The lowest BCUT2D eigenvalue weighted by atomic mass is 9.65. The largest absolute Gasteiger partial charge is 0.493 e. The molecule has 0 aliphatic heterocycles. The summed E-state index contributed by atoms with van der Waals surface area (Å²) >= 11 is 0. The maximum Gasteiger partial charge on any atom is 0.164 e. The molecule has 29 heavy (non-hydrogen) atoms. The number of hydrogen-bond donors (Lipinski definition) is 0. The van der Waals surface area contributed by atoms with Gasteiger partial charge in [0.1, 0.15) is 0 Å². The van der Waals surface area contributed by atoms with Gasteiger partial charge in [-0.1, -0.05) is 13.0 Å². The first-order valence-electron chi connectivity index (χ1n) is 10.5. The Hall–Kier alpha value is -2.36. The van der Waals surface area contributed by atoms with Crippen molar-refractivity contribution in [2.75, 3.05) is 28.4 Å². The molecule has 2 aliphatic carbocycles. The minimum absolute atomic E-state index is 0.0440. The number of methoxy groups -OCH3 is 4. The molecule has 2 bridgehead atoms. The number of aryl methyl sites for hydroxylation is 1. The highest BCUT2D eigenvalue weighted by Crippen LogP contribution is 2.48. The fraction of sp³-hybridized carbons (Fsp3) is 0.520. The molecular formula is C25H32O4. The van der Waals surface area contributed by atoms with Crippen LogP contribution in [0, 0.1) is 5.92 Å². The predicted octanol–water partition coefficient (Wildman–Crippen LogP) is 5.12. The van der Waals surface area contributed by atoms with Gasteiger partial charge in [0.05, 0.1) is 28.4 Å². The molecule has 0 N–H and O–H groups in total. The Morgan fingerprint density at radius 3 is 2.24 bits per heavy atom. The van der Waals surface area contributed by atoms with Crippen molar-refractivity contribution >= 4 is 0 Å². The first-order valence-corrected chi connectivity index (χ1v) is 10.5. The molecule has 2 aromatic rings. The van der Waals surface area contributed by atoms with Crippen LogP contribution in [0.1, 0.15) is 48.4 Å². The number of hydrogen-bond acceptors (Lipinski definition) is 4. The Kier molecular flexibility index (Phi) is 5.37. The highest BCUT2D eigenvalue weighted by molar-refractivity contribution is 5.54. The third-order valence-corrected chi connectivity index (χ3v) is 7.00. The van der Waals surface area contributed by atoms with Crippen molar-refractivity contribution < 1.29 is 18.9 Å². The van der Waals surface area contributed by atoms with Gasteiger partial charge in [-0.25, -0.2) is 0 Å². The molecule has 0 spiro atoms. The standard InChI is InChI=1S/C25H32O4/c1-25-11-10-16(6-7-17-13-22(27-3)23(28-4)14-20(17)25)12-19-18(15-25)8-9-21(26-2)24(19)29-5/h8-9,13-14,16H,6-7,10-12,15H2,1-5H3. The normalized spacial score (nSPS) is 23.0. The molecule has 0 heterocycles. The second kappa shape index (κ2) is 7.81. The number of benzene rings is 2. The van der Waals surface area contributed by atoms with Gasteiger partial charge >= 0.3 is 0 Å². The highest BCUT2D eigenvalue weighted by Gasteiger charge is 2.37. The lowest BCUT2D eigenvalue weighted by Gasteiger charge is -2.39. The van der Waals surface area contributed by atoms with Crippen LogP contribution < -0.4 is 18.9 Å². The van der Waals surface area contributed by atoms with E-state index >= 15 is 0 Å². The smallest absolute Gasteiger partial charge is 0.164 e. The molecule has 0 saturated carbocycles. The van der Waals surface area contributed by atoms with E-state index in [1.54, 1.807) is 28.4 Å². The number of rotatable bonds is 4. The summed E-state index contributed by atoms with van der Waals surface area (Å²) in [7, 11) is 6.90. The van der Waals surface area contributed by atoms with Crippen molar-refractivity contribution in [3.05, 3.63) is 46.5 Å². The third-order valence-electron chi connectivity index (χ3n) is 7.00. The summed E-state index contributed by atoms with van der Waals surface area (Å²) in [6.45, 7) is 2.41. The summed E-state index contributed by atoms with van der Waals surface area (Å²) in [5, 5.41) is 0. The van der Waals surface area contributed by atoms with Gasteiger partial charge in [0, 0.05) is 5.56 Å². The van der Waals surface area contributed by atoms with E-state index in [2.05, 4.69) is 31.2 Å². The second-order valence-corrected chi connectivity index (χ2v) is 8.69. The summed E-state index contributed by atoms with van der Waals surface area (Å²) in [4.78, 5) is 0. The van der Waals surface area contributed by atoms with Crippen LogP contribution in [0.5, 0.6) is 23.0 Å². The van der Waals surface area contributed by atoms with E-state index < -0.39 is 0 Å². The third kappa shape index (κ3) is 3.43. The molecule has 0 amide bonds. The van der Waals surface area contributed by atoms with Crippen LogP contribution in [-0.4, -0.2) is 28.4 Å². The van der Waals surface area contributed by atoms with Gasteiger partial charge in [-0.3, -0.25) is 0 Å². The average Bonchev–Trinajstić information content (AvgIpc) is 2.73. The monoisotopic (exact) mass is 396 g/mol. The van der Waals surface area contributed by atoms with Crippen LogP contribution >= 0.6 is 0 Å². The minimum atomic E-state index is 0.0440. The Labute approximate surface area is 174 Å². The maximum absolute atomic E-state index is 5.82. The van der Waals surface area contributed by atoms with Crippen molar-refractivity contribution in [2.24, 2.45) is 5.92 Å². The average molecular weight is 397 g/mol.